The summed E-state index contributed by atoms with van der Waals surface area (Å²) in [4.78, 5) is 12.0. The van der Waals surface area contributed by atoms with Crippen molar-refractivity contribution in [3.63, 3.8) is 0 Å². The molecule has 0 radical (unpaired) electrons. The van der Waals surface area contributed by atoms with Crippen LogP contribution >= 0.6 is 11.3 Å². The number of rotatable bonds is 3. The topological polar surface area (TPSA) is 37.3 Å². The molecule has 0 aliphatic heterocycles. The van der Waals surface area contributed by atoms with E-state index in [1.54, 1.807) is 12.1 Å². The number of thiophene rings is 1. The number of hydrogen-bond donors (Lipinski definition) is 1. The van der Waals surface area contributed by atoms with Crippen molar-refractivity contribution in [2.24, 2.45) is 0 Å². The average Bonchev–Trinajstić information content (AvgIpc) is 2.93. The van der Waals surface area contributed by atoms with Gasteiger partial charge in [-0.3, -0.25) is 4.79 Å². The Kier molecular flexibility index (Phi) is 3.05. The number of carbonyl (C=O) groups excluding carboxylic acids is 1. The molecule has 2 nitrogen and oxygen atoms in total. The highest BCUT2D eigenvalue weighted by atomic mass is 32.1. The molecule has 0 amide bonds. The molecule has 1 N–H and O–H groups in total. The predicted molar refractivity (Wildman–Crippen MR) is 78.0 cm³/mol. The van der Waals surface area contributed by atoms with Gasteiger partial charge in [0.25, 0.3) is 0 Å². The smallest absolute Gasteiger partial charge is 0.168 e. The van der Waals surface area contributed by atoms with Crippen molar-refractivity contribution in [1.82, 2.24) is 0 Å². The second kappa shape index (κ2) is 4.86. The molecule has 1 heterocycles. The minimum atomic E-state index is 0.138. The van der Waals surface area contributed by atoms with Crippen LogP contribution in [-0.2, 0) is 6.42 Å². The Morgan fingerprint density at radius 3 is 2.63 bits per heavy atom. The molecule has 3 heteroatoms. The van der Waals surface area contributed by atoms with Crippen LogP contribution in [0.3, 0.4) is 0 Å². The Balaban J connectivity index is 1.89. The number of aromatic hydroxyl groups is 1. The number of hydrogen-bond acceptors (Lipinski definition) is 3. The van der Waals surface area contributed by atoms with Crippen LogP contribution in [-0.4, -0.2) is 10.9 Å². The fourth-order valence-electron chi connectivity index (χ4n) is 2.10. The summed E-state index contributed by atoms with van der Waals surface area (Å²) in [5.41, 5.74) is 1.77. The molecule has 0 aliphatic rings. The molecule has 1 aromatic heterocycles. The predicted octanol–water partition coefficient (Wildman–Crippen LogP) is 4.03. The van der Waals surface area contributed by atoms with Crippen molar-refractivity contribution in [3.8, 4) is 5.75 Å². The molecule has 94 valence electrons. The minimum absolute atomic E-state index is 0.138. The molecule has 0 atom stereocenters. The molecule has 3 aromatic rings. The van der Waals surface area contributed by atoms with Crippen molar-refractivity contribution in [2.45, 2.75) is 6.42 Å². The molecular formula is C16H12O2S. The minimum Gasteiger partial charge on any atom is -0.508 e. The van der Waals surface area contributed by atoms with Crippen molar-refractivity contribution in [1.29, 1.82) is 0 Å². The lowest BCUT2D eigenvalue weighted by molar-refractivity contribution is 0.0993. The summed E-state index contributed by atoms with van der Waals surface area (Å²) >= 11 is 1.53. The summed E-state index contributed by atoms with van der Waals surface area (Å²) in [5, 5.41) is 15.2. The first-order valence-electron chi connectivity index (χ1n) is 5.99. The Morgan fingerprint density at radius 2 is 1.84 bits per heavy atom. The van der Waals surface area contributed by atoms with Crippen LogP contribution in [0.15, 0.2) is 53.2 Å². The van der Waals surface area contributed by atoms with Gasteiger partial charge in [0.1, 0.15) is 5.75 Å². The average molecular weight is 268 g/mol. The van der Waals surface area contributed by atoms with Gasteiger partial charge in [-0.25, -0.2) is 0 Å². The molecule has 0 saturated carbocycles. The fourth-order valence-corrected chi connectivity index (χ4v) is 2.76. The zero-order valence-electron chi connectivity index (χ0n) is 10.2. The standard InChI is InChI=1S/C16H12O2S/c17-15-4-3-12-7-11(1-2-13(12)9-15)8-16(18)14-5-6-19-10-14/h1-7,9-10,17H,8H2. The molecular weight excluding hydrogens is 256 g/mol. The van der Waals surface area contributed by atoms with E-state index in [-0.39, 0.29) is 11.5 Å². The van der Waals surface area contributed by atoms with Gasteiger partial charge in [0.2, 0.25) is 0 Å². The first kappa shape index (κ1) is 11.9. The zero-order chi connectivity index (χ0) is 13.2. The summed E-state index contributed by atoms with van der Waals surface area (Å²) < 4.78 is 0. The number of benzene rings is 2. The molecule has 0 bridgehead atoms. The van der Waals surface area contributed by atoms with Gasteiger partial charge in [0.05, 0.1) is 0 Å². The van der Waals surface area contributed by atoms with Crippen molar-refractivity contribution in [3.05, 3.63) is 64.4 Å². The molecule has 19 heavy (non-hydrogen) atoms. The summed E-state index contributed by atoms with van der Waals surface area (Å²) in [5.74, 6) is 0.397. The van der Waals surface area contributed by atoms with Gasteiger partial charge in [-0.1, -0.05) is 24.3 Å². The molecule has 0 unspecified atom stereocenters. The lowest BCUT2D eigenvalue weighted by Gasteiger charge is -2.03. The summed E-state index contributed by atoms with van der Waals surface area (Å²) in [7, 11) is 0. The van der Waals surface area contributed by atoms with E-state index in [4.69, 9.17) is 0 Å². The van der Waals surface area contributed by atoms with Crippen LogP contribution in [0.4, 0.5) is 0 Å². The largest absolute Gasteiger partial charge is 0.508 e. The van der Waals surface area contributed by atoms with Crippen LogP contribution in [0.5, 0.6) is 5.75 Å². The van der Waals surface area contributed by atoms with Gasteiger partial charge in [0, 0.05) is 17.4 Å². The van der Waals surface area contributed by atoms with Crippen molar-refractivity contribution >= 4 is 27.9 Å². The third-order valence-electron chi connectivity index (χ3n) is 3.10. The maximum Gasteiger partial charge on any atom is 0.168 e. The van der Waals surface area contributed by atoms with E-state index in [2.05, 4.69) is 0 Å². The molecule has 2 aromatic carbocycles. The zero-order valence-corrected chi connectivity index (χ0v) is 11.0. The molecule has 0 fully saturated rings. The Labute approximate surface area is 114 Å². The third kappa shape index (κ3) is 2.51. The Hall–Kier alpha value is -2.13. The van der Waals surface area contributed by atoms with Gasteiger partial charge in [0.15, 0.2) is 5.78 Å². The van der Waals surface area contributed by atoms with Crippen LogP contribution in [0, 0.1) is 0 Å². The second-order valence-electron chi connectivity index (χ2n) is 4.48. The van der Waals surface area contributed by atoms with E-state index in [0.717, 1.165) is 21.9 Å². The van der Waals surface area contributed by atoms with Gasteiger partial charge >= 0.3 is 0 Å². The Morgan fingerprint density at radius 1 is 1.05 bits per heavy atom. The number of phenolic OH excluding ortho intramolecular Hbond substituents is 1. The lowest BCUT2D eigenvalue weighted by atomic mass is 10.0. The van der Waals surface area contributed by atoms with Crippen LogP contribution in [0.1, 0.15) is 15.9 Å². The summed E-state index contributed by atoms with van der Waals surface area (Å²) in [6, 6.07) is 13.0. The lowest BCUT2D eigenvalue weighted by Crippen LogP contribution is -2.01. The van der Waals surface area contributed by atoms with E-state index in [0.29, 0.717) is 6.42 Å². The fraction of sp³-hybridized carbons (Fsp3) is 0.0625. The van der Waals surface area contributed by atoms with Crippen LogP contribution in [0.25, 0.3) is 10.8 Å². The van der Waals surface area contributed by atoms with Crippen LogP contribution < -0.4 is 0 Å². The summed E-state index contributed by atoms with van der Waals surface area (Å²) in [6.45, 7) is 0. The Bertz CT molecular complexity index is 730. The highest BCUT2D eigenvalue weighted by molar-refractivity contribution is 7.08. The number of ketones is 1. The number of Topliss-reactive ketones (excluding diaryl/α,β-unsaturated/α-hetero) is 1. The maximum atomic E-state index is 12.0. The highest BCUT2D eigenvalue weighted by Gasteiger charge is 2.07. The number of fused-ring (bicyclic) bond motifs is 1. The van der Waals surface area contributed by atoms with Crippen molar-refractivity contribution in [2.75, 3.05) is 0 Å². The first-order valence-corrected chi connectivity index (χ1v) is 6.94. The number of phenols is 1. The normalized spacial score (nSPS) is 10.7. The molecule has 3 rings (SSSR count). The van der Waals surface area contributed by atoms with E-state index in [9.17, 15) is 9.90 Å². The van der Waals surface area contributed by atoms with Crippen molar-refractivity contribution < 1.29 is 9.90 Å². The molecule has 0 saturated heterocycles. The summed E-state index contributed by atoms with van der Waals surface area (Å²) in [6.07, 6.45) is 0.410. The van der Waals surface area contributed by atoms with Gasteiger partial charge < -0.3 is 5.11 Å². The quantitative estimate of drug-likeness (QED) is 0.728. The van der Waals surface area contributed by atoms with E-state index in [1.807, 2.05) is 41.1 Å². The monoisotopic (exact) mass is 268 g/mol. The van der Waals surface area contributed by atoms with E-state index in [1.165, 1.54) is 11.3 Å². The maximum absolute atomic E-state index is 12.0. The van der Waals surface area contributed by atoms with Gasteiger partial charge in [-0.2, -0.15) is 11.3 Å². The van der Waals surface area contributed by atoms with E-state index < -0.39 is 0 Å². The first-order chi connectivity index (χ1) is 9.22. The SMILES string of the molecule is O=C(Cc1ccc2cc(O)ccc2c1)c1ccsc1. The highest BCUT2D eigenvalue weighted by Crippen LogP contribution is 2.22. The third-order valence-corrected chi connectivity index (χ3v) is 3.78. The second-order valence-corrected chi connectivity index (χ2v) is 5.26. The van der Waals surface area contributed by atoms with Gasteiger partial charge in [-0.05, 0) is 39.9 Å². The van der Waals surface area contributed by atoms with Gasteiger partial charge in [-0.15, -0.1) is 0 Å². The number of carbonyl (C=O) groups is 1. The van der Waals surface area contributed by atoms with Crippen LogP contribution in [0.2, 0.25) is 0 Å². The molecule has 0 aliphatic carbocycles. The molecule has 0 spiro atoms. The van der Waals surface area contributed by atoms with E-state index >= 15 is 0 Å².